The Labute approximate surface area is 128 Å². The number of benzene rings is 2. The highest BCUT2D eigenvalue weighted by molar-refractivity contribution is 6.09. The van der Waals surface area contributed by atoms with E-state index >= 15 is 0 Å². The lowest BCUT2D eigenvalue weighted by Crippen LogP contribution is -2.31. The van der Waals surface area contributed by atoms with Crippen molar-refractivity contribution in [3.05, 3.63) is 58.5 Å². The summed E-state index contributed by atoms with van der Waals surface area (Å²) >= 11 is 0. The topological polar surface area (TPSA) is 42.2 Å². The summed E-state index contributed by atoms with van der Waals surface area (Å²) in [6.07, 6.45) is 2.17. The maximum absolute atomic E-state index is 12.3. The molecule has 0 spiro atoms. The fourth-order valence-electron chi connectivity index (χ4n) is 3.44. The van der Waals surface area contributed by atoms with Crippen molar-refractivity contribution in [2.24, 2.45) is 0 Å². The maximum atomic E-state index is 12.3. The first-order valence-corrected chi connectivity index (χ1v) is 7.43. The highest BCUT2D eigenvalue weighted by Crippen LogP contribution is 2.39. The Kier molecular flexibility index (Phi) is 2.52. The summed E-state index contributed by atoms with van der Waals surface area (Å²) in [5.74, 6) is 0. The van der Waals surface area contributed by atoms with E-state index in [0.29, 0.717) is 11.0 Å². The Balaban J connectivity index is 2.18. The van der Waals surface area contributed by atoms with E-state index in [9.17, 15) is 4.79 Å². The lowest BCUT2D eigenvalue weighted by Gasteiger charge is -2.31. The predicted molar refractivity (Wildman–Crippen MR) is 91.3 cm³/mol. The van der Waals surface area contributed by atoms with Crippen molar-refractivity contribution in [3.63, 3.8) is 0 Å². The van der Waals surface area contributed by atoms with E-state index in [4.69, 9.17) is 4.42 Å². The fraction of sp³-hybridized carbons (Fsp3) is 0.211. The molecule has 3 nitrogen and oxygen atoms in total. The molecule has 2 heterocycles. The normalized spacial score (nSPS) is 16.2. The zero-order chi connectivity index (χ0) is 15.5. The number of hydrogen-bond acceptors (Lipinski definition) is 3. The minimum absolute atomic E-state index is 0.109. The molecule has 1 aliphatic rings. The second-order valence-electron chi connectivity index (χ2n) is 6.47. The lowest BCUT2D eigenvalue weighted by atomic mass is 9.89. The Morgan fingerprint density at radius 1 is 1.00 bits per heavy atom. The summed E-state index contributed by atoms with van der Waals surface area (Å²) in [5.41, 5.74) is 3.40. The van der Waals surface area contributed by atoms with Crippen LogP contribution in [-0.2, 0) is 0 Å². The predicted octanol–water partition coefficient (Wildman–Crippen LogP) is 4.55. The van der Waals surface area contributed by atoms with Crippen molar-refractivity contribution in [2.75, 3.05) is 5.32 Å². The van der Waals surface area contributed by atoms with Crippen molar-refractivity contribution in [3.8, 4) is 0 Å². The lowest BCUT2D eigenvalue weighted by molar-refractivity contribution is 0.568. The van der Waals surface area contributed by atoms with E-state index in [2.05, 4.69) is 38.2 Å². The number of nitrogens with one attached hydrogen (secondary N) is 1. The van der Waals surface area contributed by atoms with Crippen LogP contribution >= 0.6 is 0 Å². The Morgan fingerprint density at radius 2 is 1.73 bits per heavy atom. The summed E-state index contributed by atoms with van der Waals surface area (Å²) in [4.78, 5) is 12.3. The molecular weight excluding hydrogens is 274 g/mol. The van der Waals surface area contributed by atoms with E-state index in [1.165, 1.54) is 0 Å². The van der Waals surface area contributed by atoms with Gasteiger partial charge in [-0.2, -0.15) is 0 Å². The standard InChI is InChI=1S/C19H17NO2/c1-11-10-19(2,3)20-15-9-8-13-12-6-4-5-7-14(12)18(21)22-17(13)16(11)15/h4-10,20H,1-3H3. The third-order valence-electron chi connectivity index (χ3n) is 4.22. The summed E-state index contributed by atoms with van der Waals surface area (Å²) in [6, 6.07) is 11.7. The molecule has 0 bridgehead atoms. The zero-order valence-electron chi connectivity index (χ0n) is 12.9. The van der Waals surface area contributed by atoms with Crippen LogP contribution in [-0.4, -0.2) is 5.54 Å². The second kappa shape index (κ2) is 4.23. The molecule has 0 saturated carbocycles. The van der Waals surface area contributed by atoms with Crippen molar-refractivity contribution >= 4 is 33.0 Å². The van der Waals surface area contributed by atoms with E-state index in [1.807, 2.05) is 30.3 Å². The van der Waals surface area contributed by atoms with Gasteiger partial charge in [0, 0.05) is 16.6 Å². The Hall–Kier alpha value is -2.55. The van der Waals surface area contributed by atoms with Gasteiger partial charge in [-0.1, -0.05) is 24.3 Å². The third kappa shape index (κ3) is 1.78. The molecule has 0 atom stereocenters. The van der Waals surface area contributed by atoms with Gasteiger partial charge in [0.15, 0.2) is 0 Å². The first-order chi connectivity index (χ1) is 10.5. The van der Waals surface area contributed by atoms with Gasteiger partial charge in [-0.25, -0.2) is 4.79 Å². The SMILES string of the molecule is CC1=CC(C)(C)Nc2ccc3c(oc(=O)c4ccccc43)c21. The molecule has 0 aliphatic carbocycles. The van der Waals surface area contributed by atoms with Gasteiger partial charge in [0.1, 0.15) is 5.58 Å². The fourth-order valence-corrected chi connectivity index (χ4v) is 3.44. The number of rotatable bonds is 0. The van der Waals surface area contributed by atoms with Crippen LogP contribution in [0.25, 0.3) is 27.3 Å². The van der Waals surface area contributed by atoms with Crippen LogP contribution in [0.1, 0.15) is 26.3 Å². The van der Waals surface area contributed by atoms with Crippen molar-refractivity contribution in [2.45, 2.75) is 26.3 Å². The average molecular weight is 291 g/mol. The summed E-state index contributed by atoms with van der Waals surface area (Å²) in [7, 11) is 0. The van der Waals surface area contributed by atoms with Crippen molar-refractivity contribution < 1.29 is 4.42 Å². The molecule has 2 aromatic carbocycles. The minimum atomic E-state index is -0.283. The molecular formula is C19H17NO2. The zero-order valence-corrected chi connectivity index (χ0v) is 12.9. The van der Waals surface area contributed by atoms with Crippen LogP contribution in [0.3, 0.4) is 0 Å². The van der Waals surface area contributed by atoms with Gasteiger partial charge in [-0.3, -0.25) is 0 Å². The average Bonchev–Trinajstić information content (AvgIpc) is 2.45. The molecule has 110 valence electrons. The number of fused-ring (bicyclic) bond motifs is 5. The molecule has 22 heavy (non-hydrogen) atoms. The third-order valence-corrected chi connectivity index (χ3v) is 4.22. The molecule has 4 rings (SSSR count). The Morgan fingerprint density at radius 3 is 2.50 bits per heavy atom. The summed E-state index contributed by atoms with van der Waals surface area (Å²) in [5, 5.41) is 6.03. The van der Waals surface area contributed by atoms with Crippen molar-refractivity contribution in [1.82, 2.24) is 0 Å². The van der Waals surface area contributed by atoms with Gasteiger partial charge in [-0.05, 0) is 49.9 Å². The number of allylic oxidation sites excluding steroid dienone is 1. The highest BCUT2D eigenvalue weighted by atomic mass is 16.4. The first kappa shape index (κ1) is 13.1. The first-order valence-electron chi connectivity index (χ1n) is 7.43. The quantitative estimate of drug-likeness (QED) is 0.488. The van der Waals surface area contributed by atoms with Gasteiger partial charge in [0.05, 0.1) is 10.9 Å². The molecule has 3 heteroatoms. The van der Waals surface area contributed by atoms with Gasteiger partial charge < -0.3 is 9.73 Å². The van der Waals surface area contributed by atoms with Crippen LogP contribution in [0.5, 0.6) is 0 Å². The van der Waals surface area contributed by atoms with E-state index in [-0.39, 0.29) is 11.2 Å². The molecule has 1 aromatic heterocycles. The molecule has 0 fully saturated rings. The van der Waals surface area contributed by atoms with Crippen LogP contribution in [0.4, 0.5) is 5.69 Å². The minimum Gasteiger partial charge on any atom is -0.422 e. The van der Waals surface area contributed by atoms with E-state index < -0.39 is 0 Å². The summed E-state index contributed by atoms with van der Waals surface area (Å²) in [6.45, 7) is 6.32. The highest BCUT2D eigenvalue weighted by Gasteiger charge is 2.25. The Bertz CT molecular complexity index is 1010. The summed E-state index contributed by atoms with van der Waals surface area (Å²) < 4.78 is 5.68. The van der Waals surface area contributed by atoms with Crippen molar-refractivity contribution in [1.29, 1.82) is 0 Å². The molecule has 0 unspecified atom stereocenters. The van der Waals surface area contributed by atoms with Gasteiger partial charge >= 0.3 is 5.63 Å². The van der Waals surface area contributed by atoms with Crippen LogP contribution in [0.15, 0.2) is 51.7 Å². The van der Waals surface area contributed by atoms with E-state index in [0.717, 1.165) is 27.6 Å². The van der Waals surface area contributed by atoms with Gasteiger partial charge in [0.2, 0.25) is 0 Å². The monoisotopic (exact) mass is 291 g/mol. The number of anilines is 1. The second-order valence-corrected chi connectivity index (χ2v) is 6.47. The maximum Gasteiger partial charge on any atom is 0.344 e. The van der Waals surface area contributed by atoms with Crippen LogP contribution in [0, 0.1) is 0 Å². The largest absolute Gasteiger partial charge is 0.422 e. The van der Waals surface area contributed by atoms with Crippen LogP contribution in [0.2, 0.25) is 0 Å². The van der Waals surface area contributed by atoms with Gasteiger partial charge in [0.25, 0.3) is 0 Å². The molecule has 0 saturated heterocycles. The molecule has 0 amide bonds. The smallest absolute Gasteiger partial charge is 0.344 e. The van der Waals surface area contributed by atoms with Gasteiger partial charge in [-0.15, -0.1) is 0 Å². The van der Waals surface area contributed by atoms with E-state index in [1.54, 1.807) is 0 Å². The molecule has 1 N–H and O–H groups in total. The van der Waals surface area contributed by atoms with Crippen LogP contribution < -0.4 is 10.9 Å². The molecule has 1 aliphatic heterocycles. The number of hydrogen-bond donors (Lipinski definition) is 1. The molecule has 0 radical (unpaired) electrons. The molecule has 3 aromatic rings.